The summed E-state index contributed by atoms with van der Waals surface area (Å²) in [7, 11) is 0. The molecule has 0 saturated carbocycles. The lowest BCUT2D eigenvalue weighted by molar-refractivity contribution is 0.249. The summed E-state index contributed by atoms with van der Waals surface area (Å²) >= 11 is 0. The summed E-state index contributed by atoms with van der Waals surface area (Å²) in [5.74, 6) is 0. The number of urea groups is 1. The van der Waals surface area contributed by atoms with Gasteiger partial charge in [0, 0.05) is 6.54 Å². The van der Waals surface area contributed by atoms with E-state index in [1.54, 1.807) is 6.21 Å². The molecule has 0 spiro atoms. The van der Waals surface area contributed by atoms with Crippen LogP contribution in [-0.2, 0) is 6.54 Å². The van der Waals surface area contributed by atoms with Crippen molar-refractivity contribution in [1.82, 2.24) is 10.3 Å². The molecule has 1 aliphatic rings. The van der Waals surface area contributed by atoms with Gasteiger partial charge < -0.3 is 5.73 Å². The molecule has 0 unspecified atom stereocenters. The third-order valence-electron chi connectivity index (χ3n) is 3.03. The van der Waals surface area contributed by atoms with Crippen LogP contribution in [0.5, 0.6) is 0 Å². The predicted octanol–water partition coefficient (Wildman–Crippen LogP) is 1.28. The average Bonchev–Trinajstić information content (AvgIpc) is 2.84. The number of hydrogen-bond donors (Lipinski definition) is 2. The standard InChI is InChI=1S/C13H18N4O/c14-13(18)16-15-9-11-5-1-2-6-12(11)10-17-7-3-4-8-17/h1-2,5-6,9H,3-4,7-8,10H2,(H3,14,16,18). The fraction of sp³-hybridized carbons (Fsp3) is 0.385. The van der Waals surface area contributed by atoms with Crippen LogP contribution in [0, 0.1) is 0 Å². The fourth-order valence-corrected chi connectivity index (χ4v) is 2.15. The molecule has 5 nitrogen and oxygen atoms in total. The van der Waals surface area contributed by atoms with Gasteiger partial charge in [0.15, 0.2) is 0 Å². The molecule has 96 valence electrons. The van der Waals surface area contributed by atoms with Crippen LogP contribution in [0.1, 0.15) is 24.0 Å². The molecular weight excluding hydrogens is 228 g/mol. The van der Waals surface area contributed by atoms with Crippen molar-refractivity contribution in [3.63, 3.8) is 0 Å². The first-order chi connectivity index (χ1) is 8.75. The summed E-state index contributed by atoms with van der Waals surface area (Å²) in [6.45, 7) is 3.24. The Labute approximate surface area is 107 Å². The summed E-state index contributed by atoms with van der Waals surface area (Å²) in [4.78, 5) is 13.0. The lowest BCUT2D eigenvalue weighted by Crippen LogP contribution is -2.24. The molecule has 2 amide bonds. The Hall–Kier alpha value is -1.88. The highest BCUT2D eigenvalue weighted by atomic mass is 16.2. The van der Waals surface area contributed by atoms with E-state index in [-0.39, 0.29) is 0 Å². The highest BCUT2D eigenvalue weighted by Crippen LogP contribution is 2.14. The zero-order valence-electron chi connectivity index (χ0n) is 10.3. The lowest BCUT2D eigenvalue weighted by atomic mass is 10.1. The number of hydrogen-bond acceptors (Lipinski definition) is 3. The smallest absolute Gasteiger partial charge is 0.332 e. The summed E-state index contributed by atoms with van der Waals surface area (Å²) in [6.07, 6.45) is 4.19. The van der Waals surface area contributed by atoms with Crippen LogP contribution >= 0.6 is 0 Å². The number of rotatable bonds is 4. The molecule has 0 bridgehead atoms. The highest BCUT2D eigenvalue weighted by Gasteiger charge is 2.12. The predicted molar refractivity (Wildman–Crippen MR) is 71.3 cm³/mol. The van der Waals surface area contributed by atoms with Crippen molar-refractivity contribution in [3.05, 3.63) is 35.4 Å². The molecule has 0 atom stereocenters. The molecule has 3 N–H and O–H groups in total. The number of nitrogens with one attached hydrogen (secondary N) is 1. The number of carbonyl (C=O) groups excluding carboxylic acids is 1. The SMILES string of the molecule is NC(=O)NN=Cc1ccccc1CN1CCCC1. The number of benzene rings is 1. The van der Waals surface area contributed by atoms with Crippen molar-refractivity contribution in [2.45, 2.75) is 19.4 Å². The Morgan fingerprint density at radius 2 is 2.11 bits per heavy atom. The second kappa shape index (κ2) is 6.16. The average molecular weight is 246 g/mol. The van der Waals surface area contributed by atoms with E-state index in [9.17, 15) is 4.79 Å². The van der Waals surface area contributed by atoms with Gasteiger partial charge in [0.25, 0.3) is 0 Å². The van der Waals surface area contributed by atoms with Gasteiger partial charge in [0.05, 0.1) is 6.21 Å². The molecule has 1 heterocycles. The van der Waals surface area contributed by atoms with Gasteiger partial charge in [-0.15, -0.1) is 0 Å². The van der Waals surface area contributed by atoms with Gasteiger partial charge in [-0.2, -0.15) is 5.10 Å². The first-order valence-electron chi connectivity index (χ1n) is 6.14. The summed E-state index contributed by atoms with van der Waals surface area (Å²) in [6, 6.07) is 7.40. The minimum absolute atomic E-state index is 0.650. The maximum atomic E-state index is 10.5. The van der Waals surface area contributed by atoms with Crippen LogP contribution in [0.2, 0.25) is 0 Å². The fourth-order valence-electron chi connectivity index (χ4n) is 2.15. The zero-order valence-corrected chi connectivity index (χ0v) is 10.3. The van der Waals surface area contributed by atoms with Crippen molar-refractivity contribution in [2.75, 3.05) is 13.1 Å². The van der Waals surface area contributed by atoms with Gasteiger partial charge in [-0.3, -0.25) is 4.90 Å². The number of likely N-dealkylation sites (tertiary alicyclic amines) is 1. The van der Waals surface area contributed by atoms with E-state index in [0.717, 1.165) is 25.2 Å². The van der Waals surface area contributed by atoms with E-state index in [0.29, 0.717) is 0 Å². The number of nitrogens with zero attached hydrogens (tertiary/aromatic N) is 2. The molecule has 0 aromatic heterocycles. The van der Waals surface area contributed by atoms with Crippen LogP contribution in [0.3, 0.4) is 0 Å². The van der Waals surface area contributed by atoms with Gasteiger partial charge in [-0.1, -0.05) is 24.3 Å². The summed E-state index contributed by atoms with van der Waals surface area (Å²) in [5.41, 5.74) is 9.39. The number of carbonyl (C=O) groups is 1. The molecule has 1 fully saturated rings. The molecular formula is C13H18N4O. The molecule has 2 rings (SSSR count). The van der Waals surface area contributed by atoms with Gasteiger partial charge in [0.1, 0.15) is 0 Å². The third-order valence-corrected chi connectivity index (χ3v) is 3.03. The van der Waals surface area contributed by atoms with Crippen molar-refractivity contribution in [1.29, 1.82) is 0 Å². The largest absolute Gasteiger partial charge is 0.350 e. The number of primary amides is 1. The quantitative estimate of drug-likeness (QED) is 0.620. The highest BCUT2D eigenvalue weighted by molar-refractivity contribution is 5.83. The molecule has 1 saturated heterocycles. The molecule has 1 aromatic carbocycles. The topological polar surface area (TPSA) is 70.7 Å². The van der Waals surface area contributed by atoms with Gasteiger partial charge in [-0.05, 0) is 37.1 Å². The van der Waals surface area contributed by atoms with Crippen LogP contribution < -0.4 is 11.2 Å². The Morgan fingerprint density at radius 3 is 2.83 bits per heavy atom. The van der Waals surface area contributed by atoms with Crippen LogP contribution in [-0.4, -0.2) is 30.2 Å². The third kappa shape index (κ3) is 3.56. The zero-order chi connectivity index (χ0) is 12.8. The first-order valence-corrected chi connectivity index (χ1v) is 6.14. The molecule has 5 heteroatoms. The van der Waals surface area contributed by atoms with Crippen molar-refractivity contribution < 1.29 is 4.79 Å². The monoisotopic (exact) mass is 246 g/mol. The van der Waals surface area contributed by atoms with E-state index in [2.05, 4.69) is 21.5 Å². The maximum absolute atomic E-state index is 10.5. The van der Waals surface area contributed by atoms with Gasteiger partial charge in [0.2, 0.25) is 0 Å². The lowest BCUT2D eigenvalue weighted by Gasteiger charge is -2.15. The Bertz CT molecular complexity index is 438. The minimum Gasteiger partial charge on any atom is -0.350 e. The van der Waals surface area contributed by atoms with E-state index in [1.807, 2.05) is 18.2 Å². The number of nitrogens with two attached hydrogens (primary N) is 1. The second-order valence-corrected chi connectivity index (χ2v) is 4.42. The van der Waals surface area contributed by atoms with E-state index in [1.165, 1.54) is 18.4 Å². The minimum atomic E-state index is -0.650. The van der Waals surface area contributed by atoms with Gasteiger partial charge >= 0.3 is 6.03 Å². The van der Waals surface area contributed by atoms with Gasteiger partial charge in [-0.25, -0.2) is 10.2 Å². The van der Waals surface area contributed by atoms with Crippen LogP contribution in [0.4, 0.5) is 4.79 Å². The molecule has 18 heavy (non-hydrogen) atoms. The Kier molecular flexibility index (Phi) is 4.30. The normalized spacial score (nSPS) is 16.2. The molecule has 1 aromatic rings. The number of amides is 2. The van der Waals surface area contributed by atoms with Crippen molar-refractivity contribution in [3.8, 4) is 0 Å². The van der Waals surface area contributed by atoms with Crippen LogP contribution in [0.15, 0.2) is 29.4 Å². The Morgan fingerprint density at radius 1 is 1.39 bits per heavy atom. The summed E-state index contributed by atoms with van der Waals surface area (Å²) in [5, 5.41) is 3.81. The van der Waals surface area contributed by atoms with Crippen molar-refractivity contribution in [2.24, 2.45) is 10.8 Å². The van der Waals surface area contributed by atoms with Crippen molar-refractivity contribution >= 4 is 12.2 Å². The van der Waals surface area contributed by atoms with E-state index in [4.69, 9.17) is 5.73 Å². The second-order valence-electron chi connectivity index (χ2n) is 4.42. The Balaban J connectivity index is 2.04. The molecule has 0 aliphatic carbocycles. The van der Waals surface area contributed by atoms with E-state index >= 15 is 0 Å². The van der Waals surface area contributed by atoms with Crippen LogP contribution in [0.25, 0.3) is 0 Å². The maximum Gasteiger partial charge on any atom is 0.332 e. The summed E-state index contributed by atoms with van der Waals surface area (Å²) < 4.78 is 0. The molecule has 0 radical (unpaired) electrons. The number of hydrazone groups is 1. The molecule has 1 aliphatic heterocycles. The van der Waals surface area contributed by atoms with E-state index < -0.39 is 6.03 Å². The first kappa shape index (κ1) is 12.6.